The molecule has 0 unspecified atom stereocenters. The summed E-state index contributed by atoms with van der Waals surface area (Å²) in [6.07, 6.45) is -1.94. The molecule has 3 aromatic carbocycles. The quantitative estimate of drug-likeness (QED) is 0.276. The SMILES string of the molecule is CC(C)[C@]12O[C@@H](C[C@H](O)CC(=O)O)CCN1[C@@](O)(c1ccc(F)cc1)[C@]1(c3ccccc3)O[C@@]12C(=O)Nc1ccccc1. The third kappa shape index (κ3) is 4.08. The Labute approximate surface area is 248 Å². The summed E-state index contributed by atoms with van der Waals surface area (Å²) >= 11 is 0. The molecule has 9 nitrogen and oxygen atoms in total. The average molecular weight is 591 g/mol. The number of aliphatic hydroxyl groups is 2. The number of ether oxygens (including phenoxy) is 2. The monoisotopic (exact) mass is 590 g/mol. The van der Waals surface area contributed by atoms with Crippen LogP contribution in [-0.2, 0) is 30.4 Å². The number of amides is 1. The van der Waals surface area contributed by atoms with Crippen LogP contribution in [-0.4, -0.2) is 62.2 Å². The van der Waals surface area contributed by atoms with Crippen LogP contribution in [0, 0.1) is 11.7 Å². The van der Waals surface area contributed by atoms with Crippen molar-refractivity contribution in [2.24, 2.45) is 5.92 Å². The van der Waals surface area contributed by atoms with Crippen LogP contribution in [0.3, 0.4) is 0 Å². The number of para-hydroxylation sites is 1. The lowest BCUT2D eigenvalue weighted by Gasteiger charge is -2.55. The molecule has 6 atom stereocenters. The van der Waals surface area contributed by atoms with Crippen LogP contribution in [0.15, 0.2) is 84.9 Å². The Bertz CT molecular complexity index is 1510. The molecule has 3 heterocycles. The number of carboxylic acid groups (broad SMARTS) is 1. The number of hydrogen-bond acceptors (Lipinski definition) is 7. The van der Waals surface area contributed by atoms with Crippen LogP contribution >= 0.6 is 0 Å². The van der Waals surface area contributed by atoms with E-state index in [1.807, 2.05) is 26.0 Å². The highest BCUT2D eigenvalue weighted by atomic mass is 19.1. The number of hydrogen-bond donors (Lipinski definition) is 4. The Hall–Kier alpha value is -3.67. The smallest absolute Gasteiger partial charge is 0.305 e. The topological polar surface area (TPSA) is 132 Å². The molecule has 3 aliphatic heterocycles. The molecule has 0 aliphatic carbocycles. The van der Waals surface area contributed by atoms with Gasteiger partial charge in [-0.25, -0.2) is 9.29 Å². The molecule has 3 fully saturated rings. The number of epoxide rings is 1. The normalized spacial score (nSPS) is 32.1. The van der Waals surface area contributed by atoms with Gasteiger partial charge in [-0.05, 0) is 42.2 Å². The summed E-state index contributed by atoms with van der Waals surface area (Å²) < 4.78 is 27.8. The lowest BCUT2D eigenvalue weighted by Crippen LogP contribution is -2.70. The molecule has 1 amide bonds. The number of nitrogens with zero attached hydrogens (tertiary/aromatic N) is 1. The summed E-state index contributed by atoms with van der Waals surface area (Å²) in [5, 5.41) is 35.9. The second-order valence-corrected chi connectivity index (χ2v) is 11.8. The number of benzene rings is 3. The van der Waals surface area contributed by atoms with Crippen LogP contribution < -0.4 is 5.32 Å². The average Bonchev–Trinajstić information content (AvgIpc) is 3.67. The zero-order chi connectivity index (χ0) is 30.6. The number of carboxylic acids is 1. The maximum atomic E-state index is 14.7. The zero-order valence-electron chi connectivity index (χ0n) is 23.9. The molecule has 10 heteroatoms. The van der Waals surface area contributed by atoms with Gasteiger partial charge < -0.3 is 30.1 Å². The van der Waals surface area contributed by atoms with Crippen molar-refractivity contribution in [3.63, 3.8) is 0 Å². The summed E-state index contributed by atoms with van der Waals surface area (Å²) in [7, 11) is 0. The van der Waals surface area contributed by atoms with E-state index in [0.29, 0.717) is 23.2 Å². The number of carbonyl (C=O) groups is 2. The van der Waals surface area contributed by atoms with E-state index in [9.17, 15) is 29.3 Å². The number of carbonyl (C=O) groups excluding carboxylic acids is 1. The van der Waals surface area contributed by atoms with Crippen LogP contribution in [0.1, 0.15) is 44.2 Å². The van der Waals surface area contributed by atoms with Gasteiger partial charge >= 0.3 is 5.97 Å². The molecule has 0 aromatic heterocycles. The highest BCUT2D eigenvalue weighted by molar-refractivity contribution is 6.03. The molecule has 3 aliphatic rings. The van der Waals surface area contributed by atoms with E-state index in [1.54, 1.807) is 53.4 Å². The summed E-state index contributed by atoms with van der Waals surface area (Å²) in [6, 6.07) is 23.4. The summed E-state index contributed by atoms with van der Waals surface area (Å²) in [6.45, 7) is 3.96. The zero-order valence-corrected chi connectivity index (χ0v) is 23.9. The lowest BCUT2D eigenvalue weighted by molar-refractivity contribution is -0.327. The number of aliphatic carboxylic acids is 1. The Morgan fingerprint density at radius 1 is 1.00 bits per heavy atom. The summed E-state index contributed by atoms with van der Waals surface area (Å²) in [5.74, 6) is -2.62. The first-order valence-corrected chi connectivity index (χ1v) is 14.5. The second kappa shape index (κ2) is 10.5. The molecular formula is C33H35FN2O7. The molecule has 3 saturated heterocycles. The molecule has 0 spiro atoms. The third-order valence-corrected chi connectivity index (χ3v) is 9.07. The van der Waals surface area contributed by atoms with Crippen LogP contribution in [0.4, 0.5) is 10.1 Å². The molecule has 6 rings (SSSR count). The number of fused-ring (bicyclic) bond motifs is 3. The maximum Gasteiger partial charge on any atom is 0.305 e. The second-order valence-electron chi connectivity index (χ2n) is 11.8. The van der Waals surface area contributed by atoms with Gasteiger partial charge in [0.1, 0.15) is 5.82 Å². The number of aliphatic hydroxyl groups excluding tert-OH is 1. The molecule has 0 radical (unpaired) electrons. The van der Waals surface area contributed by atoms with Gasteiger partial charge in [0.2, 0.25) is 5.60 Å². The first-order chi connectivity index (χ1) is 20.5. The van der Waals surface area contributed by atoms with Gasteiger partial charge in [-0.2, -0.15) is 0 Å². The van der Waals surface area contributed by atoms with Crippen LogP contribution in [0.25, 0.3) is 0 Å². The Kier molecular flexibility index (Phi) is 7.18. The van der Waals surface area contributed by atoms with E-state index < -0.39 is 64.9 Å². The largest absolute Gasteiger partial charge is 0.481 e. The van der Waals surface area contributed by atoms with E-state index in [1.165, 1.54) is 24.3 Å². The number of anilines is 1. The predicted molar refractivity (Wildman–Crippen MR) is 154 cm³/mol. The highest BCUT2D eigenvalue weighted by Crippen LogP contribution is 2.79. The van der Waals surface area contributed by atoms with Crippen LogP contribution in [0.2, 0.25) is 0 Å². The van der Waals surface area contributed by atoms with Crippen molar-refractivity contribution in [3.05, 3.63) is 102 Å². The van der Waals surface area contributed by atoms with Crippen molar-refractivity contribution in [2.75, 3.05) is 11.9 Å². The first-order valence-electron chi connectivity index (χ1n) is 14.5. The minimum absolute atomic E-state index is 0.0122. The van der Waals surface area contributed by atoms with E-state index in [-0.39, 0.29) is 13.0 Å². The highest BCUT2D eigenvalue weighted by Gasteiger charge is 2.99. The Balaban J connectivity index is 1.57. The number of morpholine rings is 1. The molecular weight excluding hydrogens is 555 g/mol. The number of halogens is 1. The van der Waals surface area contributed by atoms with E-state index >= 15 is 0 Å². The van der Waals surface area contributed by atoms with Gasteiger partial charge in [0, 0.05) is 24.2 Å². The van der Waals surface area contributed by atoms with Crippen molar-refractivity contribution in [2.45, 2.75) is 68.0 Å². The summed E-state index contributed by atoms with van der Waals surface area (Å²) in [5.41, 5.74) is -5.71. The van der Waals surface area contributed by atoms with Crippen molar-refractivity contribution < 1.29 is 38.8 Å². The molecule has 4 N–H and O–H groups in total. The summed E-state index contributed by atoms with van der Waals surface area (Å²) in [4.78, 5) is 27.8. The molecule has 3 aromatic rings. The van der Waals surface area contributed by atoms with Crippen LogP contribution in [0.5, 0.6) is 0 Å². The van der Waals surface area contributed by atoms with Gasteiger partial charge in [0.15, 0.2) is 17.1 Å². The molecule has 226 valence electrons. The van der Waals surface area contributed by atoms with Gasteiger partial charge in [0.25, 0.3) is 5.91 Å². The predicted octanol–water partition coefficient (Wildman–Crippen LogP) is 3.96. The fraction of sp³-hybridized carbons (Fsp3) is 0.394. The van der Waals surface area contributed by atoms with Crippen molar-refractivity contribution >= 4 is 17.6 Å². The molecule has 43 heavy (non-hydrogen) atoms. The lowest BCUT2D eigenvalue weighted by atomic mass is 9.73. The van der Waals surface area contributed by atoms with Gasteiger partial charge in [-0.1, -0.05) is 74.5 Å². The van der Waals surface area contributed by atoms with Crippen molar-refractivity contribution in [1.29, 1.82) is 0 Å². The molecule has 0 bridgehead atoms. The van der Waals surface area contributed by atoms with E-state index in [2.05, 4.69) is 5.32 Å². The van der Waals surface area contributed by atoms with Gasteiger partial charge in [0.05, 0.1) is 18.6 Å². The molecule has 0 saturated carbocycles. The first kappa shape index (κ1) is 29.4. The van der Waals surface area contributed by atoms with Crippen molar-refractivity contribution in [3.8, 4) is 0 Å². The van der Waals surface area contributed by atoms with Gasteiger partial charge in [-0.15, -0.1) is 0 Å². The van der Waals surface area contributed by atoms with E-state index in [0.717, 1.165) is 0 Å². The Morgan fingerprint density at radius 3 is 2.23 bits per heavy atom. The standard InChI is InChI=1S/C33H35FN2O7/c1-21(2)33-31(29(40)35-25-11-7-4-8-12-25)30(43-31,22-9-5-3-6-10-22)32(41,23-13-15-24(34)16-14-23)36(33)18-17-27(42-33)19-26(37)20-28(38)39/h3-16,21,26-27,37,41H,17-20H2,1-2H3,(H,35,40)(H,38,39)/t26-,27+,30+,31-,32+,33+/m0/s1. The minimum Gasteiger partial charge on any atom is -0.481 e. The van der Waals surface area contributed by atoms with E-state index in [4.69, 9.17) is 9.47 Å². The fourth-order valence-corrected chi connectivity index (χ4v) is 7.42. The number of rotatable bonds is 9. The third-order valence-electron chi connectivity index (χ3n) is 9.07. The van der Waals surface area contributed by atoms with Gasteiger partial charge in [-0.3, -0.25) is 9.59 Å². The number of nitrogens with one attached hydrogen (secondary N) is 1. The fourth-order valence-electron chi connectivity index (χ4n) is 7.42. The Morgan fingerprint density at radius 2 is 1.63 bits per heavy atom. The van der Waals surface area contributed by atoms with Crippen molar-refractivity contribution in [1.82, 2.24) is 4.90 Å². The maximum absolute atomic E-state index is 14.7. The minimum atomic E-state index is -2.00.